The summed E-state index contributed by atoms with van der Waals surface area (Å²) in [5.74, 6) is 0. The number of aryl methyl sites for hydroxylation is 1. The van der Waals surface area contributed by atoms with Gasteiger partial charge < -0.3 is 0 Å². The summed E-state index contributed by atoms with van der Waals surface area (Å²) < 4.78 is 88.4. The van der Waals surface area contributed by atoms with Gasteiger partial charge in [-0.05, 0) is 24.6 Å². The van der Waals surface area contributed by atoms with Crippen molar-refractivity contribution in [2.75, 3.05) is 0 Å². The molecule has 0 radical (unpaired) electrons. The fourth-order valence-electron chi connectivity index (χ4n) is 1.43. The molecular formula is C10H6ClF7. The van der Waals surface area contributed by atoms with E-state index in [4.69, 9.17) is 11.6 Å². The molecular weight excluding hydrogens is 289 g/mol. The Morgan fingerprint density at radius 3 is 1.72 bits per heavy atom. The molecule has 0 nitrogen and oxygen atoms in total. The van der Waals surface area contributed by atoms with Crippen LogP contribution in [0.1, 0.15) is 11.1 Å². The molecule has 1 rings (SSSR count). The van der Waals surface area contributed by atoms with Gasteiger partial charge in [-0.1, -0.05) is 17.7 Å². The Labute approximate surface area is 102 Å². The molecule has 0 saturated carbocycles. The SMILES string of the molecule is Cc1ccc(Cl)cc1C(F)(C(F)(F)F)C(F)(F)F. The van der Waals surface area contributed by atoms with Crippen LogP contribution in [0.5, 0.6) is 0 Å². The molecule has 1 aromatic rings. The molecule has 0 saturated heterocycles. The van der Waals surface area contributed by atoms with Crippen molar-refractivity contribution in [2.45, 2.75) is 24.9 Å². The van der Waals surface area contributed by atoms with Crippen LogP contribution < -0.4 is 0 Å². The second-order valence-electron chi connectivity index (χ2n) is 3.61. The second-order valence-corrected chi connectivity index (χ2v) is 4.05. The van der Waals surface area contributed by atoms with Gasteiger partial charge >= 0.3 is 18.0 Å². The molecule has 0 amide bonds. The van der Waals surface area contributed by atoms with Crippen molar-refractivity contribution in [1.82, 2.24) is 0 Å². The smallest absolute Gasteiger partial charge is 0.218 e. The maximum absolute atomic E-state index is 13.7. The van der Waals surface area contributed by atoms with Crippen LogP contribution in [0.4, 0.5) is 30.7 Å². The van der Waals surface area contributed by atoms with Crippen LogP contribution in [0.2, 0.25) is 5.02 Å². The molecule has 0 N–H and O–H groups in total. The molecule has 0 heterocycles. The third-order valence-electron chi connectivity index (χ3n) is 2.35. The molecule has 0 spiro atoms. The van der Waals surface area contributed by atoms with E-state index in [1.165, 1.54) is 0 Å². The van der Waals surface area contributed by atoms with Crippen LogP contribution in [-0.4, -0.2) is 12.4 Å². The van der Waals surface area contributed by atoms with Gasteiger partial charge in [0.1, 0.15) is 0 Å². The lowest BCUT2D eigenvalue weighted by atomic mass is 9.90. The highest BCUT2D eigenvalue weighted by Crippen LogP contribution is 2.54. The van der Waals surface area contributed by atoms with Gasteiger partial charge in [0, 0.05) is 10.6 Å². The van der Waals surface area contributed by atoms with Crippen molar-refractivity contribution < 1.29 is 30.7 Å². The first-order chi connectivity index (χ1) is 7.91. The number of rotatable bonds is 1. The standard InChI is InChI=1S/C10H6ClF7/c1-5-2-3-6(11)4-7(5)8(12,9(13,14)15)10(16,17)18/h2-4H,1H3. The first-order valence-corrected chi connectivity index (χ1v) is 4.88. The highest BCUT2D eigenvalue weighted by Gasteiger charge is 2.73. The topological polar surface area (TPSA) is 0 Å². The monoisotopic (exact) mass is 294 g/mol. The highest BCUT2D eigenvalue weighted by molar-refractivity contribution is 6.30. The van der Waals surface area contributed by atoms with Gasteiger partial charge in [-0.15, -0.1) is 0 Å². The molecule has 0 aliphatic rings. The zero-order valence-electron chi connectivity index (χ0n) is 8.76. The van der Waals surface area contributed by atoms with Crippen LogP contribution >= 0.6 is 11.6 Å². The summed E-state index contributed by atoms with van der Waals surface area (Å²) in [5.41, 5.74) is -7.47. The molecule has 1 aromatic carbocycles. The van der Waals surface area contributed by atoms with Crippen molar-refractivity contribution in [2.24, 2.45) is 0 Å². The number of benzene rings is 1. The highest BCUT2D eigenvalue weighted by atomic mass is 35.5. The Morgan fingerprint density at radius 2 is 1.33 bits per heavy atom. The maximum Gasteiger partial charge on any atom is 0.435 e. The summed E-state index contributed by atoms with van der Waals surface area (Å²) in [4.78, 5) is 0. The van der Waals surface area contributed by atoms with E-state index in [0.717, 1.165) is 19.1 Å². The third-order valence-corrected chi connectivity index (χ3v) is 2.59. The molecule has 8 heteroatoms. The average Bonchev–Trinajstić information content (AvgIpc) is 2.17. The van der Waals surface area contributed by atoms with E-state index in [-0.39, 0.29) is 0 Å². The van der Waals surface area contributed by atoms with E-state index in [1.54, 1.807) is 0 Å². The van der Waals surface area contributed by atoms with Crippen molar-refractivity contribution >= 4 is 11.6 Å². The molecule has 0 bridgehead atoms. The molecule has 0 unspecified atom stereocenters. The van der Waals surface area contributed by atoms with Crippen LogP contribution in [0.15, 0.2) is 18.2 Å². The molecule has 0 aliphatic carbocycles. The van der Waals surface area contributed by atoms with E-state index >= 15 is 0 Å². The van der Waals surface area contributed by atoms with E-state index < -0.39 is 34.2 Å². The fourth-order valence-corrected chi connectivity index (χ4v) is 1.60. The predicted molar refractivity (Wildman–Crippen MR) is 51.1 cm³/mol. The minimum absolute atomic E-state index is 0.331. The number of hydrogen-bond acceptors (Lipinski definition) is 0. The van der Waals surface area contributed by atoms with E-state index in [2.05, 4.69) is 0 Å². The summed E-state index contributed by atoms with van der Waals surface area (Å²) >= 11 is 5.32. The number of alkyl halides is 7. The van der Waals surface area contributed by atoms with Crippen molar-refractivity contribution in [3.8, 4) is 0 Å². The molecule has 0 aliphatic heterocycles. The zero-order valence-corrected chi connectivity index (χ0v) is 9.51. The zero-order chi connectivity index (χ0) is 14.4. The lowest BCUT2D eigenvalue weighted by Gasteiger charge is -2.31. The lowest BCUT2D eigenvalue weighted by molar-refractivity contribution is -0.348. The fraction of sp³-hybridized carbons (Fsp3) is 0.400. The van der Waals surface area contributed by atoms with Gasteiger partial charge in [0.2, 0.25) is 0 Å². The van der Waals surface area contributed by atoms with Crippen molar-refractivity contribution in [3.63, 3.8) is 0 Å². The van der Waals surface area contributed by atoms with Gasteiger partial charge in [-0.3, -0.25) is 0 Å². The third kappa shape index (κ3) is 2.28. The van der Waals surface area contributed by atoms with Gasteiger partial charge in [0.05, 0.1) is 0 Å². The summed E-state index contributed by atoms with van der Waals surface area (Å²) in [7, 11) is 0. The summed E-state index contributed by atoms with van der Waals surface area (Å²) in [6.45, 7) is 0.942. The molecule has 0 fully saturated rings. The van der Waals surface area contributed by atoms with Gasteiger partial charge in [0.25, 0.3) is 0 Å². The molecule has 0 atom stereocenters. The number of hydrogen-bond donors (Lipinski definition) is 0. The second kappa shape index (κ2) is 4.29. The maximum atomic E-state index is 13.7. The quantitative estimate of drug-likeness (QED) is 0.644. The molecule has 102 valence electrons. The Kier molecular flexibility index (Phi) is 3.60. The average molecular weight is 295 g/mol. The van der Waals surface area contributed by atoms with E-state index in [0.29, 0.717) is 6.07 Å². The van der Waals surface area contributed by atoms with Crippen LogP contribution in [0, 0.1) is 6.92 Å². The minimum atomic E-state index is -6.12. The van der Waals surface area contributed by atoms with Crippen LogP contribution in [0.25, 0.3) is 0 Å². The van der Waals surface area contributed by atoms with Crippen molar-refractivity contribution in [3.05, 3.63) is 34.3 Å². The normalized spacial score (nSPS) is 13.8. The van der Waals surface area contributed by atoms with Crippen molar-refractivity contribution in [1.29, 1.82) is 0 Å². The largest absolute Gasteiger partial charge is 0.435 e. The summed E-state index contributed by atoms with van der Waals surface area (Å²) in [5, 5.41) is -0.411. The summed E-state index contributed by atoms with van der Waals surface area (Å²) in [6.07, 6.45) is -12.2. The lowest BCUT2D eigenvalue weighted by Crippen LogP contribution is -2.50. The minimum Gasteiger partial charge on any atom is -0.218 e. The van der Waals surface area contributed by atoms with E-state index in [1.807, 2.05) is 0 Å². The first kappa shape index (κ1) is 15.1. The Morgan fingerprint density at radius 1 is 0.889 bits per heavy atom. The molecule has 18 heavy (non-hydrogen) atoms. The van der Waals surface area contributed by atoms with Crippen LogP contribution in [-0.2, 0) is 5.67 Å². The van der Waals surface area contributed by atoms with Crippen LogP contribution in [0.3, 0.4) is 0 Å². The van der Waals surface area contributed by atoms with E-state index in [9.17, 15) is 30.7 Å². The first-order valence-electron chi connectivity index (χ1n) is 4.50. The summed E-state index contributed by atoms with van der Waals surface area (Å²) in [6, 6.07) is 2.30. The predicted octanol–water partition coefficient (Wildman–Crippen LogP) is 4.94. The van der Waals surface area contributed by atoms with Gasteiger partial charge in [0.15, 0.2) is 0 Å². The van der Waals surface area contributed by atoms with Gasteiger partial charge in [-0.2, -0.15) is 26.3 Å². The Bertz CT molecular complexity index is 433. The Balaban J connectivity index is 3.61. The Hall–Kier alpha value is -0.980. The van der Waals surface area contributed by atoms with Gasteiger partial charge in [-0.25, -0.2) is 4.39 Å². The number of halogens is 8. The molecule has 0 aromatic heterocycles.